The van der Waals surface area contributed by atoms with Gasteiger partial charge in [0, 0.05) is 18.1 Å². The Bertz CT molecular complexity index is 1280. The molecule has 1 aliphatic rings. The summed E-state index contributed by atoms with van der Waals surface area (Å²) in [6.45, 7) is 5.66. The van der Waals surface area contributed by atoms with Crippen molar-refractivity contribution >= 4 is 34.3 Å². The molecule has 0 aromatic carbocycles. The van der Waals surface area contributed by atoms with Crippen LogP contribution in [0.25, 0.3) is 16.7 Å². The molecule has 5 heterocycles. The third-order valence-corrected chi connectivity index (χ3v) is 5.41. The molecule has 10 heteroatoms. The van der Waals surface area contributed by atoms with Crippen molar-refractivity contribution in [3.05, 3.63) is 46.6 Å². The molecule has 1 N–H and O–H groups in total. The summed E-state index contributed by atoms with van der Waals surface area (Å²) in [5.41, 5.74) is 4.47. The Kier molecular flexibility index (Phi) is 4.35. The lowest BCUT2D eigenvalue weighted by Crippen LogP contribution is -2.19. The number of aromatic nitrogens is 6. The van der Waals surface area contributed by atoms with Crippen LogP contribution in [0, 0.1) is 20.8 Å². The highest BCUT2D eigenvalue weighted by Crippen LogP contribution is 2.34. The maximum absolute atomic E-state index is 14.7. The van der Waals surface area contributed by atoms with Gasteiger partial charge in [0.15, 0.2) is 6.17 Å². The molecule has 2 bridgehead atoms. The molecule has 0 radical (unpaired) electrons. The number of nitrogens with zero attached hydrogens (tertiary/aromatic N) is 6. The van der Waals surface area contributed by atoms with Crippen molar-refractivity contribution in [1.29, 1.82) is 0 Å². The van der Waals surface area contributed by atoms with Gasteiger partial charge in [-0.2, -0.15) is 4.98 Å². The second-order valence-electron chi connectivity index (χ2n) is 7.33. The van der Waals surface area contributed by atoms with E-state index in [0.717, 1.165) is 22.8 Å². The zero-order chi connectivity index (χ0) is 21.0. The van der Waals surface area contributed by atoms with E-state index in [-0.39, 0.29) is 19.0 Å². The number of pyridine rings is 1. The maximum Gasteiger partial charge on any atom is 0.257 e. The van der Waals surface area contributed by atoms with E-state index in [0.29, 0.717) is 27.7 Å². The Hall–Kier alpha value is -3.20. The third kappa shape index (κ3) is 3.06. The first-order valence-electron chi connectivity index (χ1n) is 9.50. The molecule has 1 aliphatic heterocycles. The van der Waals surface area contributed by atoms with Crippen LogP contribution in [0.5, 0.6) is 5.88 Å². The number of nitrogens with one attached hydrogen (secondary N) is 1. The van der Waals surface area contributed by atoms with Gasteiger partial charge in [0.1, 0.15) is 17.9 Å². The average Bonchev–Trinajstić information content (AvgIpc) is 3.17. The first-order valence-corrected chi connectivity index (χ1v) is 9.88. The van der Waals surface area contributed by atoms with Gasteiger partial charge in [0.25, 0.3) is 5.88 Å². The maximum atomic E-state index is 14.7. The van der Waals surface area contributed by atoms with Crippen LogP contribution in [0.2, 0.25) is 5.02 Å². The van der Waals surface area contributed by atoms with Gasteiger partial charge in [0.2, 0.25) is 5.95 Å². The summed E-state index contributed by atoms with van der Waals surface area (Å²) in [6.07, 6.45) is 2.02. The Morgan fingerprint density at radius 1 is 1.23 bits per heavy atom. The molecule has 0 amide bonds. The van der Waals surface area contributed by atoms with E-state index in [1.165, 1.54) is 0 Å². The van der Waals surface area contributed by atoms with Crippen LogP contribution >= 0.6 is 11.6 Å². The predicted molar refractivity (Wildman–Crippen MR) is 112 cm³/mol. The summed E-state index contributed by atoms with van der Waals surface area (Å²) in [7, 11) is 0. The zero-order valence-electron chi connectivity index (χ0n) is 16.6. The van der Waals surface area contributed by atoms with Crippen LogP contribution in [-0.2, 0) is 6.54 Å². The highest BCUT2D eigenvalue weighted by Gasteiger charge is 2.23. The first kappa shape index (κ1) is 18.8. The second kappa shape index (κ2) is 6.94. The van der Waals surface area contributed by atoms with Crippen LogP contribution in [-0.4, -0.2) is 42.1 Å². The molecule has 0 unspecified atom stereocenters. The van der Waals surface area contributed by atoms with E-state index < -0.39 is 6.17 Å². The predicted octanol–water partition coefficient (Wildman–Crippen LogP) is 4.06. The van der Waals surface area contributed by atoms with E-state index in [1.54, 1.807) is 21.6 Å². The minimum Gasteiger partial charge on any atom is -0.472 e. The van der Waals surface area contributed by atoms with Gasteiger partial charge in [-0.25, -0.2) is 14.1 Å². The van der Waals surface area contributed by atoms with Crippen molar-refractivity contribution in [1.82, 2.24) is 29.3 Å². The molecule has 0 saturated heterocycles. The van der Waals surface area contributed by atoms with Gasteiger partial charge in [-0.15, -0.1) is 5.10 Å². The molecule has 5 rings (SSSR count). The number of rotatable bonds is 1. The summed E-state index contributed by atoms with van der Waals surface area (Å²) in [6, 6.07) is 3.87. The largest absolute Gasteiger partial charge is 0.472 e. The molecule has 0 fully saturated rings. The molecule has 30 heavy (non-hydrogen) atoms. The lowest BCUT2D eigenvalue weighted by molar-refractivity contribution is 0.175. The van der Waals surface area contributed by atoms with Crippen molar-refractivity contribution in [2.24, 2.45) is 0 Å². The van der Waals surface area contributed by atoms with Crippen molar-refractivity contribution in [3.63, 3.8) is 0 Å². The monoisotopic (exact) mass is 427 g/mol. The van der Waals surface area contributed by atoms with Crippen LogP contribution in [0.3, 0.4) is 0 Å². The molecule has 1 atom stereocenters. The van der Waals surface area contributed by atoms with E-state index in [2.05, 4.69) is 25.4 Å². The Balaban J connectivity index is 1.66. The minimum absolute atomic E-state index is 0.0652. The van der Waals surface area contributed by atoms with Gasteiger partial charge in [-0.05, 0) is 32.9 Å². The fraction of sp³-hybridized carbons (Fsp3) is 0.300. The molecular formula is C20H19ClFN7O. The third-order valence-electron chi connectivity index (χ3n) is 5.11. The van der Waals surface area contributed by atoms with Crippen molar-refractivity contribution < 1.29 is 9.13 Å². The fourth-order valence-electron chi connectivity index (χ4n) is 3.63. The number of fused-ring (bicyclic) bond motifs is 2. The van der Waals surface area contributed by atoms with Crippen molar-refractivity contribution in [3.8, 4) is 11.6 Å². The smallest absolute Gasteiger partial charge is 0.257 e. The number of anilines is 2. The Labute approximate surface area is 176 Å². The average molecular weight is 428 g/mol. The normalized spacial score (nSPS) is 16.1. The van der Waals surface area contributed by atoms with Gasteiger partial charge in [-0.3, -0.25) is 4.98 Å². The summed E-state index contributed by atoms with van der Waals surface area (Å²) in [4.78, 5) is 13.4. The summed E-state index contributed by atoms with van der Waals surface area (Å²) in [5.74, 6) is 0.630. The van der Waals surface area contributed by atoms with Crippen molar-refractivity contribution in [2.75, 3.05) is 11.9 Å². The lowest BCUT2D eigenvalue weighted by Gasteiger charge is -2.10. The van der Waals surface area contributed by atoms with Gasteiger partial charge >= 0.3 is 0 Å². The molecule has 0 aliphatic carbocycles. The van der Waals surface area contributed by atoms with E-state index in [4.69, 9.17) is 16.3 Å². The van der Waals surface area contributed by atoms with Crippen LogP contribution < -0.4 is 10.1 Å². The molecule has 4 aromatic heterocycles. The zero-order valence-corrected chi connectivity index (χ0v) is 17.4. The second-order valence-corrected chi connectivity index (χ2v) is 7.74. The van der Waals surface area contributed by atoms with E-state index >= 15 is 0 Å². The van der Waals surface area contributed by atoms with E-state index in [1.807, 2.05) is 32.9 Å². The van der Waals surface area contributed by atoms with E-state index in [9.17, 15) is 4.39 Å². The molecule has 154 valence electrons. The summed E-state index contributed by atoms with van der Waals surface area (Å²) in [5, 5.41) is 8.91. The standard InChI is InChI=1S/C20H19ClFN7O/c1-10-4-5-16(11(2)24-10)29-12(3)17-19(27-29)30-9-13(22)7-28-8-15(21)14-6-23-20(25-17)26-18(14)28/h4-6,8,13H,7,9H2,1-3H3,(H,23,25,26)/t13-/m1/s1. The number of hydrogen-bond acceptors (Lipinski definition) is 6. The fourth-order valence-corrected chi connectivity index (χ4v) is 3.88. The molecule has 0 spiro atoms. The molecule has 0 saturated carbocycles. The topological polar surface area (TPSA) is 82.7 Å². The van der Waals surface area contributed by atoms with Crippen LogP contribution in [0.15, 0.2) is 24.5 Å². The Morgan fingerprint density at radius 3 is 2.87 bits per heavy atom. The van der Waals surface area contributed by atoms with Gasteiger partial charge < -0.3 is 14.6 Å². The Morgan fingerprint density at radius 2 is 2.07 bits per heavy atom. The highest BCUT2D eigenvalue weighted by molar-refractivity contribution is 6.35. The molecular weight excluding hydrogens is 409 g/mol. The molecule has 4 aromatic rings. The minimum atomic E-state index is -1.27. The van der Waals surface area contributed by atoms with Crippen molar-refractivity contribution in [2.45, 2.75) is 33.5 Å². The highest BCUT2D eigenvalue weighted by atomic mass is 35.5. The molecule has 8 nitrogen and oxygen atoms in total. The lowest BCUT2D eigenvalue weighted by atomic mass is 10.2. The van der Waals surface area contributed by atoms with Crippen LogP contribution in [0.4, 0.5) is 16.0 Å². The number of hydrogen-bond donors (Lipinski definition) is 1. The van der Waals surface area contributed by atoms with Gasteiger partial charge in [0.05, 0.1) is 34.0 Å². The van der Waals surface area contributed by atoms with Crippen LogP contribution in [0.1, 0.15) is 17.1 Å². The first-order chi connectivity index (χ1) is 14.4. The quantitative estimate of drug-likeness (QED) is 0.493. The summed E-state index contributed by atoms with van der Waals surface area (Å²) < 4.78 is 23.9. The number of aryl methyl sites for hydroxylation is 2. The summed E-state index contributed by atoms with van der Waals surface area (Å²) >= 11 is 6.26. The number of alkyl halides is 1. The SMILES string of the molecule is Cc1ccc(-n2nc3c(c2C)Nc2ncc4c(Cl)cn(c4n2)C[C@@H](F)CO3)c(C)n1. The number of halogens is 2. The number of ether oxygens (including phenoxy) is 1. The van der Waals surface area contributed by atoms with Gasteiger partial charge in [-0.1, -0.05) is 11.6 Å².